The minimum atomic E-state index is -3.36. The van der Waals surface area contributed by atoms with Crippen LogP contribution in [0.15, 0.2) is 30.3 Å². The topological polar surface area (TPSA) is 52.7 Å². The van der Waals surface area contributed by atoms with Gasteiger partial charge in [0.1, 0.15) is 0 Å². The number of benzene rings is 1. The first kappa shape index (κ1) is 16.7. The molecule has 0 aromatic heterocycles. The van der Waals surface area contributed by atoms with E-state index in [9.17, 15) is 8.42 Å². The highest BCUT2D eigenvalue weighted by Gasteiger charge is 2.33. The Balaban J connectivity index is 1.64. The molecule has 128 valence electrons. The Morgan fingerprint density at radius 1 is 1.04 bits per heavy atom. The molecule has 5 nitrogen and oxygen atoms in total. The molecule has 0 radical (unpaired) electrons. The Hall–Kier alpha value is -1.11. The summed E-state index contributed by atoms with van der Waals surface area (Å²) in [6, 6.07) is 10.6. The maximum absolute atomic E-state index is 12.6. The molecule has 2 atom stereocenters. The second-order valence-electron chi connectivity index (χ2n) is 6.71. The largest absolute Gasteiger partial charge is 0.367 e. The van der Waals surface area contributed by atoms with Crippen LogP contribution in [0.1, 0.15) is 39.0 Å². The van der Waals surface area contributed by atoms with Crippen molar-refractivity contribution in [2.24, 2.45) is 0 Å². The summed E-state index contributed by atoms with van der Waals surface area (Å²) in [7, 11) is -3.36. The van der Waals surface area contributed by atoms with Crippen molar-refractivity contribution in [2.45, 2.75) is 51.1 Å². The SMILES string of the molecule is C[C@H]1C[C@H](NS(=O)(=O)N2CCCCCC2)CN1c1ccccc1. The smallest absolute Gasteiger partial charge is 0.279 e. The third kappa shape index (κ3) is 4.05. The molecule has 2 aliphatic heterocycles. The lowest BCUT2D eigenvalue weighted by atomic mass is 10.2. The molecule has 3 rings (SSSR count). The predicted molar refractivity (Wildman–Crippen MR) is 93.8 cm³/mol. The zero-order valence-corrected chi connectivity index (χ0v) is 14.6. The zero-order valence-electron chi connectivity index (χ0n) is 13.8. The van der Waals surface area contributed by atoms with Crippen LogP contribution in [0, 0.1) is 0 Å². The van der Waals surface area contributed by atoms with E-state index in [-0.39, 0.29) is 6.04 Å². The van der Waals surface area contributed by atoms with Crippen LogP contribution in [0.4, 0.5) is 5.69 Å². The van der Waals surface area contributed by atoms with Gasteiger partial charge in [-0.3, -0.25) is 0 Å². The quantitative estimate of drug-likeness (QED) is 0.918. The molecule has 1 N–H and O–H groups in total. The lowest BCUT2D eigenvalue weighted by molar-refractivity contribution is 0.408. The summed E-state index contributed by atoms with van der Waals surface area (Å²) in [4.78, 5) is 2.29. The van der Waals surface area contributed by atoms with E-state index in [1.807, 2.05) is 18.2 Å². The van der Waals surface area contributed by atoms with Gasteiger partial charge in [0.25, 0.3) is 10.2 Å². The second-order valence-corrected chi connectivity index (χ2v) is 8.41. The van der Waals surface area contributed by atoms with Gasteiger partial charge >= 0.3 is 0 Å². The Morgan fingerprint density at radius 2 is 1.70 bits per heavy atom. The van der Waals surface area contributed by atoms with Crippen LogP contribution in [-0.4, -0.2) is 44.4 Å². The fourth-order valence-electron chi connectivity index (χ4n) is 3.66. The maximum Gasteiger partial charge on any atom is 0.279 e. The van der Waals surface area contributed by atoms with Gasteiger partial charge in [0, 0.05) is 37.4 Å². The fourth-order valence-corrected chi connectivity index (χ4v) is 5.14. The number of rotatable bonds is 4. The molecule has 23 heavy (non-hydrogen) atoms. The molecule has 0 amide bonds. The Labute approximate surface area is 139 Å². The van der Waals surface area contributed by atoms with Gasteiger partial charge in [-0.2, -0.15) is 17.4 Å². The van der Waals surface area contributed by atoms with E-state index in [0.29, 0.717) is 19.1 Å². The van der Waals surface area contributed by atoms with E-state index in [2.05, 4.69) is 28.7 Å². The van der Waals surface area contributed by atoms with Gasteiger partial charge in [0.15, 0.2) is 0 Å². The molecule has 2 fully saturated rings. The van der Waals surface area contributed by atoms with Crippen LogP contribution >= 0.6 is 0 Å². The molecule has 2 heterocycles. The second kappa shape index (κ2) is 7.20. The molecule has 6 heteroatoms. The van der Waals surface area contributed by atoms with Crippen molar-refractivity contribution in [3.8, 4) is 0 Å². The van der Waals surface area contributed by atoms with E-state index < -0.39 is 10.2 Å². The van der Waals surface area contributed by atoms with Gasteiger partial charge in [-0.15, -0.1) is 0 Å². The standard InChI is InChI=1S/C17H27N3O2S/c1-15-13-16(14-20(15)17-9-5-4-6-10-17)18-23(21,22)19-11-7-2-3-8-12-19/h4-6,9-10,15-16,18H,2-3,7-8,11-14H2,1H3/t15-,16-/m0/s1. The van der Waals surface area contributed by atoms with Crippen molar-refractivity contribution in [3.05, 3.63) is 30.3 Å². The molecule has 0 spiro atoms. The summed E-state index contributed by atoms with van der Waals surface area (Å²) >= 11 is 0. The number of para-hydroxylation sites is 1. The van der Waals surface area contributed by atoms with Crippen LogP contribution in [0.3, 0.4) is 0 Å². The molecule has 0 unspecified atom stereocenters. The molecule has 0 aliphatic carbocycles. The minimum Gasteiger partial charge on any atom is -0.367 e. The number of anilines is 1. The molecule has 1 aromatic carbocycles. The molecule has 0 bridgehead atoms. The van der Waals surface area contributed by atoms with Gasteiger partial charge in [0.05, 0.1) is 0 Å². The average Bonchev–Trinajstić information content (AvgIpc) is 2.75. The zero-order chi connectivity index (χ0) is 16.3. The summed E-state index contributed by atoms with van der Waals surface area (Å²) < 4.78 is 29.9. The molecule has 0 saturated carbocycles. The Kier molecular flexibility index (Phi) is 5.24. The van der Waals surface area contributed by atoms with Gasteiger partial charge in [0.2, 0.25) is 0 Å². The third-order valence-electron chi connectivity index (χ3n) is 4.88. The van der Waals surface area contributed by atoms with Crippen molar-refractivity contribution in [3.63, 3.8) is 0 Å². The third-order valence-corrected chi connectivity index (χ3v) is 6.56. The van der Waals surface area contributed by atoms with Crippen molar-refractivity contribution in [1.82, 2.24) is 9.03 Å². The normalized spacial score (nSPS) is 27.1. The first-order valence-electron chi connectivity index (χ1n) is 8.65. The molecule has 2 saturated heterocycles. The first-order valence-corrected chi connectivity index (χ1v) is 10.1. The number of hydrogen-bond donors (Lipinski definition) is 1. The lowest BCUT2D eigenvalue weighted by Crippen LogP contribution is -2.46. The van der Waals surface area contributed by atoms with Gasteiger partial charge < -0.3 is 4.90 Å². The van der Waals surface area contributed by atoms with E-state index in [1.165, 1.54) is 0 Å². The van der Waals surface area contributed by atoms with Crippen LogP contribution < -0.4 is 9.62 Å². The van der Waals surface area contributed by atoms with Gasteiger partial charge in [-0.25, -0.2) is 0 Å². The highest BCUT2D eigenvalue weighted by molar-refractivity contribution is 7.87. The van der Waals surface area contributed by atoms with Crippen molar-refractivity contribution in [1.29, 1.82) is 0 Å². The van der Waals surface area contributed by atoms with E-state index in [1.54, 1.807) is 4.31 Å². The fraction of sp³-hybridized carbons (Fsp3) is 0.647. The van der Waals surface area contributed by atoms with Crippen molar-refractivity contribution in [2.75, 3.05) is 24.5 Å². The summed E-state index contributed by atoms with van der Waals surface area (Å²) in [5.74, 6) is 0. The number of nitrogens with one attached hydrogen (secondary N) is 1. The molecule has 1 aromatic rings. The van der Waals surface area contributed by atoms with Gasteiger partial charge in [-0.1, -0.05) is 31.0 Å². The van der Waals surface area contributed by atoms with Crippen LogP contribution in [0.5, 0.6) is 0 Å². The summed E-state index contributed by atoms with van der Waals surface area (Å²) in [6.07, 6.45) is 5.06. The van der Waals surface area contributed by atoms with E-state index in [0.717, 1.165) is 44.3 Å². The van der Waals surface area contributed by atoms with Crippen molar-refractivity contribution >= 4 is 15.9 Å². The molecule has 2 aliphatic rings. The number of nitrogens with zero attached hydrogens (tertiary/aromatic N) is 2. The van der Waals surface area contributed by atoms with E-state index in [4.69, 9.17) is 0 Å². The highest BCUT2D eigenvalue weighted by atomic mass is 32.2. The highest BCUT2D eigenvalue weighted by Crippen LogP contribution is 2.26. The Bertz CT molecular complexity index is 598. The van der Waals surface area contributed by atoms with Crippen molar-refractivity contribution < 1.29 is 8.42 Å². The van der Waals surface area contributed by atoms with E-state index >= 15 is 0 Å². The monoisotopic (exact) mass is 337 g/mol. The maximum atomic E-state index is 12.6. The van der Waals surface area contributed by atoms with Crippen LogP contribution in [0.2, 0.25) is 0 Å². The van der Waals surface area contributed by atoms with Gasteiger partial charge in [-0.05, 0) is 38.3 Å². The Morgan fingerprint density at radius 3 is 2.35 bits per heavy atom. The average molecular weight is 337 g/mol. The predicted octanol–water partition coefficient (Wildman–Crippen LogP) is 2.36. The first-order chi connectivity index (χ1) is 11.1. The summed E-state index contributed by atoms with van der Waals surface area (Å²) in [5.41, 5.74) is 1.16. The lowest BCUT2D eigenvalue weighted by Gasteiger charge is -2.24. The molecular formula is C17H27N3O2S. The summed E-state index contributed by atoms with van der Waals surface area (Å²) in [6.45, 7) is 4.20. The molecular weight excluding hydrogens is 310 g/mol. The summed E-state index contributed by atoms with van der Waals surface area (Å²) in [5, 5.41) is 0. The van der Waals surface area contributed by atoms with Crippen LogP contribution in [-0.2, 0) is 10.2 Å². The van der Waals surface area contributed by atoms with Crippen LogP contribution in [0.25, 0.3) is 0 Å². The number of hydrogen-bond acceptors (Lipinski definition) is 3. The minimum absolute atomic E-state index is 0.0153.